The van der Waals surface area contributed by atoms with Crippen LogP contribution in [0.15, 0.2) is 10.6 Å². The van der Waals surface area contributed by atoms with Crippen molar-refractivity contribution in [2.24, 2.45) is 0 Å². The molecule has 0 radical (unpaired) electrons. The molecule has 1 aromatic heterocycles. The lowest BCUT2D eigenvalue weighted by molar-refractivity contribution is 0.0258. The van der Waals surface area contributed by atoms with Crippen molar-refractivity contribution in [1.29, 1.82) is 0 Å². The molecule has 5 nitrogen and oxygen atoms in total. The van der Waals surface area contributed by atoms with Crippen LogP contribution in [0.5, 0.6) is 0 Å². The summed E-state index contributed by atoms with van der Waals surface area (Å²) >= 11 is 0. The van der Waals surface area contributed by atoms with Crippen LogP contribution in [0.25, 0.3) is 0 Å². The lowest BCUT2D eigenvalue weighted by atomic mass is 9.99. The molecule has 1 N–H and O–H groups in total. The van der Waals surface area contributed by atoms with Crippen LogP contribution in [0.2, 0.25) is 0 Å². The fraction of sp³-hybridized carbons (Fsp3) is 0.667. The van der Waals surface area contributed by atoms with E-state index in [1.54, 1.807) is 13.0 Å². The monoisotopic (exact) mass is 236 g/mol. The SMILES string of the molecule is Cc1cc(C(=O)N2C3CCC2CC(O)C3)on1. The van der Waals surface area contributed by atoms with Crippen molar-refractivity contribution in [2.45, 2.75) is 50.8 Å². The molecule has 92 valence electrons. The minimum absolute atomic E-state index is 0.0787. The molecule has 2 fully saturated rings. The number of nitrogens with zero attached hydrogens (tertiary/aromatic N) is 2. The number of aliphatic hydroxyl groups is 1. The molecule has 0 spiro atoms. The van der Waals surface area contributed by atoms with E-state index in [2.05, 4.69) is 5.16 Å². The minimum Gasteiger partial charge on any atom is -0.393 e. The van der Waals surface area contributed by atoms with E-state index in [0.717, 1.165) is 18.5 Å². The molecule has 2 saturated heterocycles. The Labute approximate surface area is 99.4 Å². The third-order valence-corrected chi connectivity index (χ3v) is 3.78. The van der Waals surface area contributed by atoms with E-state index in [4.69, 9.17) is 4.52 Å². The zero-order valence-corrected chi connectivity index (χ0v) is 9.80. The van der Waals surface area contributed by atoms with Crippen molar-refractivity contribution >= 4 is 5.91 Å². The predicted octanol–water partition coefficient (Wildman–Crippen LogP) is 1.11. The molecule has 3 rings (SSSR count). The fourth-order valence-corrected chi connectivity index (χ4v) is 3.07. The first kappa shape index (κ1) is 10.8. The van der Waals surface area contributed by atoms with Gasteiger partial charge < -0.3 is 14.5 Å². The Balaban J connectivity index is 1.83. The summed E-state index contributed by atoms with van der Waals surface area (Å²) in [5, 5.41) is 13.4. The number of piperidine rings is 1. The number of aromatic nitrogens is 1. The van der Waals surface area contributed by atoms with Crippen molar-refractivity contribution in [3.05, 3.63) is 17.5 Å². The van der Waals surface area contributed by atoms with Gasteiger partial charge in [0.15, 0.2) is 0 Å². The highest BCUT2D eigenvalue weighted by atomic mass is 16.5. The Morgan fingerprint density at radius 3 is 2.65 bits per heavy atom. The first-order chi connectivity index (χ1) is 8.15. The van der Waals surface area contributed by atoms with Gasteiger partial charge in [0.1, 0.15) is 0 Å². The summed E-state index contributed by atoms with van der Waals surface area (Å²) in [5.74, 6) is 0.237. The second-order valence-electron chi connectivity index (χ2n) is 5.06. The summed E-state index contributed by atoms with van der Waals surface area (Å²) in [4.78, 5) is 14.2. The zero-order chi connectivity index (χ0) is 12.0. The van der Waals surface area contributed by atoms with Crippen LogP contribution in [0.4, 0.5) is 0 Å². The van der Waals surface area contributed by atoms with Crippen molar-refractivity contribution < 1.29 is 14.4 Å². The van der Waals surface area contributed by atoms with Crippen LogP contribution in [0.1, 0.15) is 41.9 Å². The van der Waals surface area contributed by atoms with Crippen molar-refractivity contribution in [2.75, 3.05) is 0 Å². The molecular formula is C12H16N2O3. The molecule has 2 bridgehead atoms. The first-order valence-corrected chi connectivity index (χ1v) is 6.09. The lowest BCUT2D eigenvalue weighted by Gasteiger charge is -2.36. The van der Waals surface area contributed by atoms with Crippen LogP contribution >= 0.6 is 0 Å². The van der Waals surface area contributed by atoms with Gasteiger partial charge in [0.05, 0.1) is 11.8 Å². The maximum absolute atomic E-state index is 12.3. The van der Waals surface area contributed by atoms with Gasteiger partial charge in [-0.05, 0) is 32.6 Å². The van der Waals surface area contributed by atoms with Crippen molar-refractivity contribution in [1.82, 2.24) is 10.1 Å². The highest BCUT2D eigenvalue weighted by Crippen LogP contribution is 2.36. The van der Waals surface area contributed by atoms with E-state index in [9.17, 15) is 9.90 Å². The quantitative estimate of drug-likeness (QED) is 0.793. The average Bonchev–Trinajstić information content (AvgIpc) is 2.81. The van der Waals surface area contributed by atoms with Gasteiger partial charge in [-0.3, -0.25) is 4.79 Å². The maximum Gasteiger partial charge on any atom is 0.292 e. The third-order valence-electron chi connectivity index (χ3n) is 3.78. The predicted molar refractivity (Wildman–Crippen MR) is 59.5 cm³/mol. The summed E-state index contributed by atoms with van der Waals surface area (Å²) in [6, 6.07) is 2.01. The number of fused-ring (bicyclic) bond motifs is 2. The molecule has 17 heavy (non-hydrogen) atoms. The van der Waals surface area contributed by atoms with E-state index < -0.39 is 0 Å². The number of aliphatic hydroxyl groups excluding tert-OH is 1. The highest BCUT2D eigenvalue weighted by molar-refractivity contribution is 5.92. The second kappa shape index (κ2) is 3.84. The van der Waals surface area contributed by atoms with Crippen molar-refractivity contribution in [3.63, 3.8) is 0 Å². The van der Waals surface area contributed by atoms with Crippen LogP contribution in [0, 0.1) is 6.92 Å². The molecule has 2 unspecified atom stereocenters. The van der Waals surface area contributed by atoms with E-state index >= 15 is 0 Å². The molecule has 0 aliphatic carbocycles. The summed E-state index contributed by atoms with van der Waals surface area (Å²) in [7, 11) is 0. The molecule has 2 aliphatic rings. The van der Waals surface area contributed by atoms with Gasteiger partial charge in [0.25, 0.3) is 5.91 Å². The summed E-state index contributed by atoms with van der Waals surface area (Å²) in [6.45, 7) is 1.80. The molecule has 5 heteroatoms. The van der Waals surface area contributed by atoms with Crippen LogP contribution in [0.3, 0.4) is 0 Å². The van der Waals surface area contributed by atoms with Crippen LogP contribution in [-0.2, 0) is 0 Å². The Hall–Kier alpha value is -1.36. The molecule has 1 aromatic rings. The number of rotatable bonds is 1. The second-order valence-corrected chi connectivity index (χ2v) is 5.06. The smallest absolute Gasteiger partial charge is 0.292 e. The van der Waals surface area contributed by atoms with Gasteiger partial charge in [0, 0.05) is 18.2 Å². The minimum atomic E-state index is -0.256. The van der Waals surface area contributed by atoms with Gasteiger partial charge in [-0.2, -0.15) is 0 Å². The van der Waals surface area contributed by atoms with E-state index in [1.165, 1.54) is 0 Å². The van der Waals surface area contributed by atoms with Crippen molar-refractivity contribution in [3.8, 4) is 0 Å². The standard InChI is InChI=1S/C12H16N2O3/c1-7-4-11(17-13-7)12(16)14-8-2-3-9(14)6-10(15)5-8/h4,8-10,15H,2-3,5-6H2,1H3. The lowest BCUT2D eigenvalue weighted by Crippen LogP contribution is -2.47. The summed E-state index contributed by atoms with van der Waals surface area (Å²) in [6.07, 6.45) is 3.10. The Morgan fingerprint density at radius 2 is 2.12 bits per heavy atom. The van der Waals surface area contributed by atoms with E-state index in [1.807, 2.05) is 4.90 Å². The maximum atomic E-state index is 12.3. The Kier molecular flexibility index (Phi) is 2.43. The van der Waals surface area contributed by atoms with Gasteiger partial charge in [-0.15, -0.1) is 0 Å². The number of amides is 1. The third kappa shape index (κ3) is 1.74. The number of hydrogen-bond acceptors (Lipinski definition) is 4. The van der Waals surface area contributed by atoms with Gasteiger partial charge in [-0.1, -0.05) is 5.16 Å². The van der Waals surface area contributed by atoms with E-state index in [-0.39, 0.29) is 24.1 Å². The van der Waals surface area contributed by atoms with E-state index in [0.29, 0.717) is 18.6 Å². The summed E-state index contributed by atoms with van der Waals surface area (Å²) in [5.41, 5.74) is 0.720. The van der Waals surface area contributed by atoms with Gasteiger partial charge in [-0.25, -0.2) is 0 Å². The normalized spacial score (nSPS) is 31.9. The molecule has 2 aliphatic heterocycles. The number of aryl methyl sites for hydroxylation is 1. The molecule has 2 atom stereocenters. The molecule has 0 aromatic carbocycles. The largest absolute Gasteiger partial charge is 0.393 e. The average molecular weight is 236 g/mol. The summed E-state index contributed by atoms with van der Waals surface area (Å²) < 4.78 is 5.03. The first-order valence-electron chi connectivity index (χ1n) is 6.09. The molecule has 0 saturated carbocycles. The topological polar surface area (TPSA) is 66.6 Å². The number of carbonyl (C=O) groups excluding carboxylic acids is 1. The number of hydrogen-bond donors (Lipinski definition) is 1. The Morgan fingerprint density at radius 1 is 1.47 bits per heavy atom. The highest BCUT2D eigenvalue weighted by Gasteiger charge is 2.43. The molecular weight excluding hydrogens is 220 g/mol. The van der Waals surface area contributed by atoms with Gasteiger partial charge >= 0.3 is 0 Å². The Bertz CT molecular complexity index is 429. The van der Waals surface area contributed by atoms with Gasteiger partial charge in [0.2, 0.25) is 5.76 Å². The number of carbonyl (C=O) groups is 1. The van der Waals surface area contributed by atoms with Crippen LogP contribution in [-0.4, -0.2) is 39.3 Å². The fourth-order valence-electron chi connectivity index (χ4n) is 3.07. The molecule has 3 heterocycles. The zero-order valence-electron chi connectivity index (χ0n) is 9.80. The molecule has 1 amide bonds. The van der Waals surface area contributed by atoms with Crippen LogP contribution < -0.4 is 0 Å².